The molecule has 2 aromatic carbocycles. The summed E-state index contributed by atoms with van der Waals surface area (Å²) in [7, 11) is 0. The molecule has 1 aliphatic rings. The first-order valence-corrected chi connectivity index (χ1v) is 11.1. The average Bonchev–Trinajstić information content (AvgIpc) is 3.33. The third-order valence-electron chi connectivity index (χ3n) is 6.22. The summed E-state index contributed by atoms with van der Waals surface area (Å²) in [5.74, 6) is -0.390. The molecule has 1 atom stereocenters. The number of aromatic nitrogens is 4. The fourth-order valence-electron chi connectivity index (χ4n) is 4.62. The van der Waals surface area contributed by atoms with Gasteiger partial charge in [-0.1, -0.05) is 17.7 Å². The quantitative estimate of drug-likeness (QED) is 0.450. The highest BCUT2D eigenvalue weighted by Gasteiger charge is 2.31. The molecule has 3 heterocycles. The van der Waals surface area contributed by atoms with Gasteiger partial charge in [-0.2, -0.15) is 8.78 Å². The molecule has 0 saturated heterocycles. The maximum Gasteiger partial charge on any atom is 0.387 e. The molecule has 0 aliphatic carbocycles. The minimum absolute atomic E-state index is 0.0382. The zero-order valence-corrected chi connectivity index (χ0v) is 19.3. The lowest BCUT2D eigenvalue weighted by Gasteiger charge is -2.19. The second-order valence-corrected chi connectivity index (χ2v) is 9.20. The van der Waals surface area contributed by atoms with Crippen LogP contribution in [-0.4, -0.2) is 31.0 Å². The van der Waals surface area contributed by atoms with Crippen molar-refractivity contribution >= 4 is 10.9 Å². The fraction of sp³-hybridized carbons (Fsp3) is 0.320. The van der Waals surface area contributed by atoms with E-state index in [0.29, 0.717) is 29.6 Å². The van der Waals surface area contributed by atoms with E-state index in [1.807, 2.05) is 6.92 Å². The summed E-state index contributed by atoms with van der Waals surface area (Å²) < 4.78 is 49.2. The van der Waals surface area contributed by atoms with E-state index in [9.17, 15) is 18.7 Å². The zero-order chi connectivity index (χ0) is 25.1. The van der Waals surface area contributed by atoms with Crippen LogP contribution in [0.15, 0.2) is 47.5 Å². The third-order valence-corrected chi connectivity index (χ3v) is 6.22. The molecule has 5 rings (SSSR count). The van der Waals surface area contributed by atoms with Crippen molar-refractivity contribution in [3.63, 3.8) is 0 Å². The van der Waals surface area contributed by atoms with Crippen molar-refractivity contribution in [2.75, 3.05) is 0 Å². The smallest absolute Gasteiger partial charge is 0.387 e. The third kappa shape index (κ3) is 3.97. The number of ether oxygens (including phenoxy) is 1. The monoisotopic (exact) mass is 484 g/mol. The Bertz CT molecular complexity index is 1490. The Labute approximate surface area is 198 Å². The maximum atomic E-state index is 15.1. The summed E-state index contributed by atoms with van der Waals surface area (Å²) in [6.45, 7) is 2.29. The molecule has 2 aromatic heterocycles. The van der Waals surface area contributed by atoms with Crippen molar-refractivity contribution in [3.8, 4) is 16.9 Å². The van der Waals surface area contributed by atoms with E-state index in [1.165, 1.54) is 29.2 Å². The summed E-state index contributed by atoms with van der Waals surface area (Å²) in [6, 6.07) is 7.21. The summed E-state index contributed by atoms with van der Waals surface area (Å²) in [5.41, 5.74) is 0.788. The largest absolute Gasteiger partial charge is 0.434 e. The number of aliphatic hydroxyl groups is 1. The lowest BCUT2D eigenvalue weighted by molar-refractivity contribution is -0.0507. The fourth-order valence-corrected chi connectivity index (χ4v) is 4.62. The minimum Gasteiger partial charge on any atom is -0.434 e. The van der Waals surface area contributed by atoms with Crippen LogP contribution in [0.2, 0.25) is 0 Å². The Morgan fingerprint density at radius 3 is 2.54 bits per heavy atom. The average molecular weight is 484 g/mol. The van der Waals surface area contributed by atoms with Crippen LogP contribution in [0.1, 0.15) is 43.3 Å². The highest BCUT2D eigenvalue weighted by molar-refractivity contribution is 5.85. The predicted molar refractivity (Wildman–Crippen MR) is 123 cm³/mol. The van der Waals surface area contributed by atoms with Crippen LogP contribution in [0.3, 0.4) is 0 Å². The molecule has 0 fully saturated rings. The van der Waals surface area contributed by atoms with Crippen LogP contribution in [0.5, 0.6) is 5.75 Å². The highest BCUT2D eigenvalue weighted by atomic mass is 19.3. The zero-order valence-electron chi connectivity index (χ0n) is 19.3. The first kappa shape index (κ1) is 23.1. The van der Waals surface area contributed by atoms with Crippen molar-refractivity contribution in [3.05, 3.63) is 75.8 Å². The van der Waals surface area contributed by atoms with E-state index >= 15 is 4.39 Å². The van der Waals surface area contributed by atoms with Gasteiger partial charge in [0.05, 0.1) is 16.9 Å². The molecule has 10 heteroatoms. The molecule has 0 amide bonds. The first-order valence-electron chi connectivity index (χ1n) is 11.1. The molecule has 4 aromatic rings. The van der Waals surface area contributed by atoms with Crippen LogP contribution in [0.25, 0.3) is 22.0 Å². The Hall–Kier alpha value is -3.66. The SMILES string of the molecule is Cc1ccc(OC(F)F)c([C@@H]2CCn3c(=O)c4cc(F)c(-c5cnc(C(C)(C)O)nc5)cc4n32)c1. The van der Waals surface area contributed by atoms with Gasteiger partial charge >= 0.3 is 6.61 Å². The Kier molecular flexibility index (Phi) is 5.43. The van der Waals surface area contributed by atoms with Gasteiger partial charge in [-0.15, -0.1) is 0 Å². The van der Waals surface area contributed by atoms with E-state index in [0.717, 1.165) is 5.56 Å². The van der Waals surface area contributed by atoms with Gasteiger partial charge in [0.15, 0.2) is 5.82 Å². The molecule has 1 N–H and O–H groups in total. The van der Waals surface area contributed by atoms with Crippen molar-refractivity contribution in [1.29, 1.82) is 0 Å². The minimum atomic E-state index is -2.99. The van der Waals surface area contributed by atoms with Crippen LogP contribution >= 0.6 is 0 Å². The van der Waals surface area contributed by atoms with E-state index in [1.54, 1.807) is 36.7 Å². The Balaban J connectivity index is 1.67. The molecule has 0 saturated carbocycles. The van der Waals surface area contributed by atoms with E-state index in [4.69, 9.17) is 4.74 Å². The van der Waals surface area contributed by atoms with Gasteiger partial charge in [0.2, 0.25) is 0 Å². The molecule has 7 nitrogen and oxygen atoms in total. The number of aryl methyl sites for hydroxylation is 1. The molecule has 1 aliphatic heterocycles. The summed E-state index contributed by atoms with van der Waals surface area (Å²) >= 11 is 0. The van der Waals surface area contributed by atoms with Crippen LogP contribution in [0, 0.1) is 12.7 Å². The maximum absolute atomic E-state index is 15.1. The molecule has 0 unspecified atom stereocenters. The lowest BCUT2D eigenvalue weighted by Crippen LogP contribution is -2.19. The molecular weight excluding hydrogens is 461 g/mol. The van der Waals surface area contributed by atoms with Crippen molar-refractivity contribution in [2.45, 2.75) is 52.0 Å². The standard InChI is InChI=1S/C25H23F3N4O3/c1-13-4-5-21(35-24(27)28)16(8-13)19-6-7-31-22(33)17-9-18(26)15(10-20(17)32(19)31)14-11-29-23(30-12-14)25(2,3)34/h4-5,8-12,19,24,34H,6-7H2,1-3H3/t19-/m0/s1. The van der Waals surface area contributed by atoms with Crippen LogP contribution < -0.4 is 10.3 Å². The summed E-state index contributed by atoms with van der Waals surface area (Å²) in [6.07, 6.45) is 3.32. The predicted octanol–water partition coefficient (Wildman–Crippen LogP) is 4.53. The van der Waals surface area contributed by atoms with E-state index in [-0.39, 0.29) is 28.1 Å². The molecule has 182 valence electrons. The number of halogens is 3. The van der Waals surface area contributed by atoms with Crippen molar-refractivity contribution < 1.29 is 23.0 Å². The topological polar surface area (TPSA) is 82.2 Å². The number of alkyl halides is 2. The van der Waals surface area contributed by atoms with Gasteiger partial charge in [0.1, 0.15) is 17.2 Å². The van der Waals surface area contributed by atoms with Gasteiger partial charge in [-0.3, -0.25) is 9.48 Å². The first-order chi connectivity index (χ1) is 16.5. The molecule has 0 spiro atoms. The van der Waals surface area contributed by atoms with Gasteiger partial charge in [-0.25, -0.2) is 19.0 Å². The molecule has 0 bridgehead atoms. The number of nitrogens with zero attached hydrogens (tertiary/aromatic N) is 4. The number of fused-ring (bicyclic) bond motifs is 3. The van der Waals surface area contributed by atoms with Gasteiger partial charge in [0.25, 0.3) is 5.56 Å². The molecule has 0 radical (unpaired) electrons. The molecular formula is C25H23F3N4O3. The van der Waals surface area contributed by atoms with Crippen molar-refractivity contribution in [1.82, 2.24) is 19.3 Å². The van der Waals surface area contributed by atoms with Gasteiger partial charge in [-0.05, 0) is 45.4 Å². The van der Waals surface area contributed by atoms with Crippen LogP contribution in [0.4, 0.5) is 13.2 Å². The second kappa shape index (κ2) is 8.23. The number of hydrogen-bond donors (Lipinski definition) is 1. The normalized spacial score (nSPS) is 15.7. The number of hydrogen-bond acceptors (Lipinski definition) is 5. The number of rotatable bonds is 5. The second-order valence-electron chi connectivity index (χ2n) is 9.20. The lowest BCUT2D eigenvalue weighted by atomic mass is 10.00. The number of benzene rings is 2. The van der Waals surface area contributed by atoms with Gasteiger partial charge in [0, 0.05) is 35.6 Å². The Morgan fingerprint density at radius 2 is 1.89 bits per heavy atom. The van der Waals surface area contributed by atoms with E-state index in [2.05, 4.69) is 9.97 Å². The summed E-state index contributed by atoms with van der Waals surface area (Å²) in [4.78, 5) is 21.3. The molecule has 35 heavy (non-hydrogen) atoms. The van der Waals surface area contributed by atoms with Crippen LogP contribution in [-0.2, 0) is 12.1 Å². The van der Waals surface area contributed by atoms with Crippen molar-refractivity contribution in [2.24, 2.45) is 0 Å². The van der Waals surface area contributed by atoms with Gasteiger partial charge < -0.3 is 9.84 Å². The Morgan fingerprint density at radius 1 is 1.17 bits per heavy atom. The highest BCUT2D eigenvalue weighted by Crippen LogP contribution is 2.38. The summed E-state index contributed by atoms with van der Waals surface area (Å²) in [5, 5.41) is 10.3. The van der Waals surface area contributed by atoms with E-state index < -0.39 is 24.1 Å².